The Bertz CT molecular complexity index is 1390. The van der Waals surface area contributed by atoms with Crippen molar-refractivity contribution < 1.29 is 9.59 Å². The first kappa shape index (κ1) is 27.1. The zero-order chi connectivity index (χ0) is 27.2. The van der Waals surface area contributed by atoms with E-state index in [1.807, 2.05) is 64.6 Å². The molecule has 3 heterocycles. The van der Waals surface area contributed by atoms with Crippen molar-refractivity contribution in [3.63, 3.8) is 0 Å². The minimum atomic E-state index is 0.0137. The predicted molar refractivity (Wildman–Crippen MR) is 158 cm³/mol. The van der Waals surface area contributed by atoms with Gasteiger partial charge in [0.2, 0.25) is 5.91 Å². The summed E-state index contributed by atoms with van der Waals surface area (Å²) in [6.07, 6.45) is 2.25. The van der Waals surface area contributed by atoms with E-state index in [1.165, 1.54) is 16.9 Å². The molecule has 1 saturated heterocycles. The van der Waals surface area contributed by atoms with E-state index < -0.39 is 0 Å². The highest BCUT2D eigenvalue weighted by Crippen LogP contribution is 2.29. The Labute approximate surface area is 237 Å². The van der Waals surface area contributed by atoms with Crippen LogP contribution in [-0.2, 0) is 4.79 Å². The number of unbranched alkanes of at least 4 members (excludes halogenated alkanes) is 1. The average molecular weight is 560 g/mol. The van der Waals surface area contributed by atoms with Crippen LogP contribution in [0.5, 0.6) is 0 Å². The van der Waals surface area contributed by atoms with Crippen LogP contribution >= 0.6 is 23.1 Å². The molecule has 0 saturated carbocycles. The number of benzene rings is 2. The number of nitrogens with zero attached hydrogens (tertiary/aromatic N) is 5. The van der Waals surface area contributed by atoms with Crippen LogP contribution in [-0.4, -0.2) is 67.8 Å². The topological polar surface area (TPSA) is 71.3 Å². The number of hydrogen-bond donors (Lipinski definition) is 0. The summed E-state index contributed by atoms with van der Waals surface area (Å²) in [4.78, 5) is 30.2. The molecule has 1 fully saturated rings. The van der Waals surface area contributed by atoms with Gasteiger partial charge in [0.15, 0.2) is 11.0 Å². The molecule has 0 radical (unpaired) electrons. The van der Waals surface area contributed by atoms with E-state index in [4.69, 9.17) is 0 Å². The summed E-state index contributed by atoms with van der Waals surface area (Å²) >= 11 is 3.14. The number of aromatic nitrogens is 3. The fraction of sp³-hybridized carbons (Fsp3) is 0.333. The van der Waals surface area contributed by atoms with E-state index >= 15 is 0 Å². The van der Waals surface area contributed by atoms with Crippen molar-refractivity contribution >= 4 is 34.9 Å². The van der Waals surface area contributed by atoms with Crippen LogP contribution < -0.4 is 0 Å². The minimum Gasteiger partial charge on any atom is -0.339 e. The van der Waals surface area contributed by atoms with Gasteiger partial charge >= 0.3 is 0 Å². The Balaban J connectivity index is 1.13. The largest absolute Gasteiger partial charge is 0.339 e. The number of rotatable bonds is 9. The van der Waals surface area contributed by atoms with Gasteiger partial charge in [0.25, 0.3) is 5.91 Å². The molecule has 0 N–H and O–H groups in total. The quantitative estimate of drug-likeness (QED) is 0.188. The number of thioether (sulfide) groups is 1. The highest BCUT2D eigenvalue weighted by atomic mass is 32.2. The average Bonchev–Trinajstić information content (AvgIpc) is 3.64. The number of aryl methyl sites for hydroxylation is 1. The maximum Gasteiger partial charge on any atom is 0.264 e. The third-order valence-electron chi connectivity index (χ3n) is 6.95. The number of amides is 2. The highest BCUT2D eigenvalue weighted by Gasteiger charge is 2.30. The third-order valence-corrected chi connectivity index (χ3v) is 8.82. The molecule has 2 aromatic carbocycles. The molecule has 0 spiro atoms. The first-order valence-electron chi connectivity index (χ1n) is 13.3. The van der Waals surface area contributed by atoms with Gasteiger partial charge in [-0.3, -0.25) is 14.2 Å². The molecule has 39 heavy (non-hydrogen) atoms. The molecule has 9 heteroatoms. The summed E-state index contributed by atoms with van der Waals surface area (Å²) in [6, 6.07) is 22.3. The van der Waals surface area contributed by atoms with Crippen molar-refractivity contribution in [2.75, 3.05) is 25.4 Å². The molecular formula is C30H33N5O2S2. The second-order valence-corrected chi connectivity index (χ2v) is 11.8. The lowest BCUT2D eigenvalue weighted by molar-refractivity contribution is -0.133. The molecule has 2 amide bonds. The number of hydrogen-bond acceptors (Lipinski definition) is 6. The molecule has 2 aromatic heterocycles. The van der Waals surface area contributed by atoms with Gasteiger partial charge in [0, 0.05) is 49.1 Å². The Morgan fingerprint density at radius 3 is 2.49 bits per heavy atom. The first-order valence-corrected chi connectivity index (χ1v) is 15.2. The number of carbonyl (C=O) groups is 2. The second-order valence-electron chi connectivity index (χ2n) is 9.81. The monoisotopic (exact) mass is 559 g/mol. The summed E-state index contributed by atoms with van der Waals surface area (Å²) < 4.78 is 2.11. The number of thiophene rings is 1. The molecule has 0 bridgehead atoms. The lowest BCUT2D eigenvalue weighted by Gasteiger charge is -2.39. The van der Waals surface area contributed by atoms with Gasteiger partial charge in [-0.1, -0.05) is 65.9 Å². The summed E-state index contributed by atoms with van der Waals surface area (Å²) in [5.41, 5.74) is 3.26. The molecule has 4 aromatic rings. The van der Waals surface area contributed by atoms with E-state index in [1.54, 1.807) is 11.8 Å². The fourth-order valence-electron chi connectivity index (χ4n) is 4.79. The van der Waals surface area contributed by atoms with Gasteiger partial charge < -0.3 is 9.80 Å². The van der Waals surface area contributed by atoms with Crippen molar-refractivity contribution in [3.05, 3.63) is 82.6 Å². The van der Waals surface area contributed by atoms with Crippen LogP contribution in [0, 0.1) is 6.92 Å². The highest BCUT2D eigenvalue weighted by molar-refractivity contribution is 7.99. The summed E-state index contributed by atoms with van der Waals surface area (Å²) in [5, 5.41) is 11.8. The van der Waals surface area contributed by atoms with Gasteiger partial charge in [-0.25, -0.2) is 0 Å². The van der Waals surface area contributed by atoms with Crippen LogP contribution in [0.25, 0.3) is 17.1 Å². The summed E-state index contributed by atoms with van der Waals surface area (Å²) in [7, 11) is 0. The van der Waals surface area contributed by atoms with Crippen molar-refractivity contribution in [2.24, 2.45) is 0 Å². The van der Waals surface area contributed by atoms with Gasteiger partial charge in [0.1, 0.15) is 0 Å². The van der Waals surface area contributed by atoms with E-state index in [0.717, 1.165) is 45.7 Å². The molecular weight excluding hydrogens is 526 g/mol. The van der Waals surface area contributed by atoms with Crippen molar-refractivity contribution in [1.82, 2.24) is 24.6 Å². The summed E-state index contributed by atoms with van der Waals surface area (Å²) in [5.74, 6) is 1.91. The van der Waals surface area contributed by atoms with Gasteiger partial charge in [-0.2, -0.15) is 0 Å². The third kappa shape index (κ3) is 6.42. The molecule has 1 unspecified atom stereocenters. The van der Waals surface area contributed by atoms with Crippen LogP contribution in [0.4, 0.5) is 0 Å². The van der Waals surface area contributed by atoms with Crippen molar-refractivity contribution in [3.8, 4) is 17.1 Å². The normalized spacial score (nSPS) is 15.5. The molecule has 1 aliphatic rings. The number of carbonyl (C=O) groups excluding carboxylic acids is 2. The summed E-state index contributed by atoms with van der Waals surface area (Å²) in [6.45, 7) is 5.87. The molecule has 1 aliphatic heterocycles. The van der Waals surface area contributed by atoms with E-state index in [2.05, 4.69) is 46.0 Å². The second kappa shape index (κ2) is 12.6. The predicted octanol–water partition coefficient (Wildman–Crippen LogP) is 5.94. The van der Waals surface area contributed by atoms with Crippen molar-refractivity contribution in [1.29, 1.82) is 0 Å². The molecule has 5 rings (SSSR count). The molecule has 202 valence electrons. The van der Waals surface area contributed by atoms with Crippen molar-refractivity contribution in [2.45, 2.75) is 44.3 Å². The van der Waals surface area contributed by atoms with E-state index in [9.17, 15) is 9.59 Å². The standard InChI is InChI=1S/C30H33N5O2S2/c1-22-13-15-25(16-14-22)35-28(24-9-4-3-5-10-24)31-32-30(35)39-19-7-6-12-27(36)33-17-18-34(23(2)21-33)29(37)26-11-8-20-38-26/h3-5,8-11,13-16,20,23H,6-7,12,17-19,21H2,1-2H3. The minimum absolute atomic E-state index is 0.0137. The van der Waals surface area contributed by atoms with Gasteiger partial charge in [-0.15, -0.1) is 21.5 Å². The zero-order valence-corrected chi connectivity index (χ0v) is 24.0. The van der Waals surface area contributed by atoms with Crippen LogP contribution in [0.15, 0.2) is 77.3 Å². The van der Waals surface area contributed by atoms with Crippen LogP contribution in [0.2, 0.25) is 0 Å². The van der Waals surface area contributed by atoms with Crippen LogP contribution in [0.3, 0.4) is 0 Å². The smallest absolute Gasteiger partial charge is 0.264 e. The lowest BCUT2D eigenvalue weighted by atomic mass is 10.1. The van der Waals surface area contributed by atoms with Gasteiger partial charge in [0.05, 0.1) is 4.88 Å². The zero-order valence-electron chi connectivity index (χ0n) is 22.3. The Morgan fingerprint density at radius 1 is 0.974 bits per heavy atom. The molecule has 0 aliphatic carbocycles. The molecule has 7 nitrogen and oxygen atoms in total. The Morgan fingerprint density at radius 2 is 1.77 bits per heavy atom. The Hall–Kier alpha value is -3.43. The van der Waals surface area contributed by atoms with Crippen LogP contribution in [0.1, 0.15) is 41.4 Å². The Kier molecular flexibility index (Phi) is 8.78. The first-order chi connectivity index (χ1) is 19.0. The maximum atomic E-state index is 12.9. The maximum absolute atomic E-state index is 12.9. The van der Waals surface area contributed by atoms with Gasteiger partial charge in [-0.05, 0) is 50.3 Å². The SMILES string of the molecule is Cc1ccc(-n2c(SCCCCC(=O)N3CCN(C(=O)c4cccs4)C(C)C3)nnc2-c2ccccc2)cc1. The van der Waals surface area contributed by atoms with E-state index in [-0.39, 0.29) is 17.9 Å². The molecule has 1 atom stereocenters. The number of piperazine rings is 1. The lowest BCUT2D eigenvalue weighted by Crippen LogP contribution is -2.55. The fourth-order valence-corrected chi connectivity index (χ4v) is 6.42. The van der Waals surface area contributed by atoms with E-state index in [0.29, 0.717) is 26.1 Å².